The summed E-state index contributed by atoms with van der Waals surface area (Å²) >= 11 is 0. The van der Waals surface area contributed by atoms with Crippen LogP contribution in [0.2, 0.25) is 0 Å². The standard InChI is InChI=1S/C25H27FN6O3/c1-2-22(33)31-15-17(16-31)7-8-32-23(34)6-3-18-14-27-25(29-24(18)32)28-19-4-5-21(20(26)13-19)30-9-11-35-12-10-30/h2-6,13-14,17H,1,7-12,15-16H2,(H,27,28,29). The highest BCUT2D eigenvalue weighted by molar-refractivity contribution is 5.87. The number of anilines is 3. The number of morpholine rings is 1. The molecule has 10 heteroatoms. The van der Waals surface area contributed by atoms with E-state index in [2.05, 4.69) is 21.9 Å². The molecule has 0 aliphatic carbocycles. The number of amides is 1. The Hall–Kier alpha value is -3.79. The van der Waals surface area contributed by atoms with Gasteiger partial charge in [0.2, 0.25) is 11.9 Å². The number of carbonyl (C=O) groups excluding carboxylic acids is 1. The van der Waals surface area contributed by atoms with Crippen LogP contribution in [0.3, 0.4) is 0 Å². The third-order valence-electron chi connectivity index (χ3n) is 6.48. The lowest BCUT2D eigenvalue weighted by molar-refractivity contribution is -0.132. The molecule has 1 N–H and O–H groups in total. The Morgan fingerprint density at radius 2 is 2.03 bits per heavy atom. The first-order valence-corrected chi connectivity index (χ1v) is 11.7. The molecular formula is C25H27FN6O3. The molecule has 2 aromatic heterocycles. The fourth-order valence-corrected chi connectivity index (χ4v) is 4.50. The van der Waals surface area contributed by atoms with Crippen LogP contribution in [0.25, 0.3) is 11.0 Å². The van der Waals surface area contributed by atoms with E-state index < -0.39 is 0 Å². The largest absolute Gasteiger partial charge is 0.378 e. The van der Waals surface area contributed by atoms with E-state index in [9.17, 15) is 14.0 Å². The summed E-state index contributed by atoms with van der Waals surface area (Å²) < 4.78 is 21.8. The maximum atomic E-state index is 14.8. The topological polar surface area (TPSA) is 92.6 Å². The van der Waals surface area contributed by atoms with Crippen LogP contribution in [0, 0.1) is 11.7 Å². The third-order valence-corrected chi connectivity index (χ3v) is 6.48. The number of benzene rings is 1. The SMILES string of the molecule is C=CC(=O)N1CC(CCn2c(=O)ccc3cnc(Nc4ccc(N5CCOCC5)c(F)c4)nc32)C1. The summed E-state index contributed by atoms with van der Waals surface area (Å²) in [5, 5.41) is 3.79. The molecule has 0 spiro atoms. The molecule has 2 aliphatic rings. The van der Waals surface area contributed by atoms with Crippen molar-refractivity contribution in [2.24, 2.45) is 5.92 Å². The maximum absolute atomic E-state index is 14.8. The van der Waals surface area contributed by atoms with E-state index in [0.717, 1.165) is 11.8 Å². The van der Waals surface area contributed by atoms with Gasteiger partial charge in [0.05, 0.1) is 18.9 Å². The van der Waals surface area contributed by atoms with Crippen LogP contribution in [-0.4, -0.2) is 64.7 Å². The van der Waals surface area contributed by atoms with Gasteiger partial charge in [-0.2, -0.15) is 4.98 Å². The van der Waals surface area contributed by atoms with E-state index in [1.165, 1.54) is 18.2 Å². The van der Waals surface area contributed by atoms with E-state index in [4.69, 9.17) is 4.74 Å². The molecule has 5 rings (SSSR count). The first-order chi connectivity index (χ1) is 17.0. The predicted molar refractivity (Wildman–Crippen MR) is 131 cm³/mol. The Morgan fingerprint density at radius 1 is 1.23 bits per heavy atom. The molecule has 0 saturated carbocycles. The minimum Gasteiger partial charge on any atom is -0.378 e. The zero-order valence-corrected chi connectivity index (χ0v) is 19.3. The van der Waals surface area contributed by atoms with Gasteiger partial charge in [0.15, 0.2) is 0 Å². The lowest BCUT2D eigenvalue weighted by Gasteiger charge is -2.38. The molecular weight excluding hydrogens is 451 g/mol. The van der Waals surface area contributed by atoms with Crippen LogP contribution < -0.4 is 15.8 Å². The minimum absolute atomic E-state index is 0.0681. The summed E-state index contributed by atoms with van der Waals surface area (Å²) in [5.74, 6) is 0.204. The molecule has 1 aromatic carbocycles. The van der Waals surface area contributed by atoms with Crippen molar-refractivity contribution >= 4 is 34.3 Å². The van der Waals surface area contributed by atoms with Gasteiger partial charge in [-0.25, -0.2) is 9.37 Å². The number of aromatic nitrogens is 3. The number of likely N-dealkylation sites (tertiary alicyclic amines) is 1. The van der Waals surface area contributed by atoms with Crippen molar-refractivity contribution < 1.29 is 13.9 Å². The van der Waals surface area contributed by atoms with E-state index in [1.54, 1.807) is 33.9 Å². The number of carbonyl (C=O) groups is 1. The molecule has 182 valence electrons. The quantitative estimate of drug-likeness (QED) is 0.522. The Labute approximate surface area is 201 Å². The first kappa shape index (κ1) is 23.0. The maximum Gasteiger partial charge on any atom is 0.252 e. The third kappa shape index (κ3) is 4.88. The van der Waals surface area contributed by atoms with Gasteiger partial charge >= 0.3 is 0 Å². The summed E-state index contributed by atoms with van der Waals surface area (Å²) in [6, 6.07) is 8.14. The van der Waals surface area contributed by atoms with Crippen molar-refractivity contribution in [2.45, 2.75) is 13.0 Å². The number of fused-ring (bicyclic) bond motifs is 1. The second-order valence-corrected chi connectivity index (χ2v) is 8.79. The molecule has 0 atom stereocenters. The molecule has 35 heavy (non-hydrogen) atoms. The summed E-state index contributed by atoms with van der Waals surface area (Å²) in [6.45, 7) is 7.79. The van der Waals surface area contributed by atoms with Crippen LogP contribution in [0.1, 0.15) is 6.42 Å². The number of nitrogens with one attached hydrogen (secondary N) is 1. The van der Waals surface area contributed by atoms with Gasteiger partial charge < -0.3 is 19.9 Å². The highest BCUT2D eigenvalue weighted by atomic mass is 19.1. The van der Waals surface area contributed by atoms with Crippen LogP contribution in [0.4, 0.5) is 21.7 Å². The smallest absolute Gasteiger partial charge is 0.252 e. The van der Waals surface area contributed by atoms with Gasteiger partial charge in [-0.1, -0.05) is 6.58 Å². The number of pyridine rings is 1. The lowest BCUT2D eigenvalue weighted by Crippen LogP contribution is -2.49. The van der Waals surface area contributed by atoms with Crippen LogP contribution in [-0.2, 0) is 16.1 Å². The molecule has 0 unspecified atom stereocenters. The minimum atomic E-state index is -0.334. The Bertz CT molecular complexity index is 1310. The second kappa shape index (κ2) is 9.83. The first-order valence-electron chi connectivity index (χ1n) is 11.7. The van der Waals surface area contributed by atoms with E-state index >= 15 is 0 Å². The van der Waals surface area contributed by atoms with E-state index in [1.807, 2.05) is 4.90 Å². The molecule has 2 fully saturated rings. The zero-order chi connectivity index (χ0) is 24.4. The zero-order valence-electron chi connectivity index (χ0n) is 19.3. The summed E-state index contributed by atoms with van der Waals surface area (Å²) in [6.07, 6.45) is 3.72. The van der Waals surface area contributed by atoms with Crippen LogP contribution in [0.15, 0.2) is 54.0 Å². The number of halogens is 1. The highest BCUT2D eigenvalue weighted by Crippen LogP contribution is 2.26. The van der Waals surface area contributed by atoms with Crippen molar-refractivity contribution in [1.82, 2.24) is 19.4 Å². The highest BCUT2D eigenvalue weighted by Gasteiger charge is 2.29. The summed E-state index contributed by atoms with van der Waals surface area (Å²) in [5.41, 5.74) is 1.42. The average molecular weight is 479 g/mol. The molecule has 0 radical (unpaired) electrons. The number of hydrogen-bond acceptors (Lipinski definition) is 7. The Kier molecular flexibility index (Phi) is 6.45. The number of aryl methyl sites for hydroxylation is 1. The Morgan fingerprint density at radius 3 is 2.77 bits per heavy atom. The fraction of sp³-hybridized carbons (Fsp3) is 0.360. The molecule has 9 nitrogen and oxygen atoms in total. The van der Waals surface area contributed by atoms with Crippen molar-refractivity contribution in [3.05, 3.63) is 65.4 Å². The fourth-order valence-electron chi connectivity index (χ4n) is 4.50. The number of ether oxygens (including phenoxy) is 1. The number of hydrogen-bond donors (Lipinski definition) is 1. The van der Waals surface area contributed by atoms with Crippen LogP contribution in [0.5, 0.6) is 0 Å². The van der Waals surface area contributed by atoms with Gasteiger partial charge in [0, 0.05) is 56.1 Å². The normalized spacial score (nSPS) is 16.3. The second-order valence-electron chi connectivity index (χ2n) is 8.79. The van der Waals surface area contributed by atoms with Crippen molar-refractivity contribution in [2.75, 3.05) is 49.6 Å². The lowest BCUT2D eigenvalue weighted by atomic mass is 9.96. The summed E-state index contributed by atoms with van der Waals surface area (Å²) in [4.78, 5) is 36.9. The Balaban J connectivity index is 1.31. The van der Waals surface area contributed by atoms with E-state index in [-0.39, 0.29) is 23.2 Å². The number of nitrogens with zero attached hydrogens (tertiary/aromatic N) is 5. The predicted octanol–water partition coefficient (Wildman–Crippen LogP) is 2.55. The average Bonchev–Trinajstić information content (AvgIpc) is 2.84. The van der Waals surface area contributed by atoms with Gasteiger partial charge in [0.25, 0.3) is 5.56 Å². The number of rotatable bonds is 7. The molecule has 1 amide bonds. The monoisotopic (exact) mass is 478 g/mol. The molecule has 3 aromatic rings. The van der Waals surface area contributed by atoms with E-state index in [0.29, 0.717) is 68.9 Å². The summed E-state index contributed by atoms with van der Waals surface area (Å²) in [7, 11) is 0. The van der Waals surface area contributed by atoms with Crippen molar-refractivity contribution in [1.29, 1.82) is 0 Å². The molecule has 0 bridgehead atoms. The van der Waals surface area contributed by atoms with Crippen LogP contribution >= 0.6 is 0 Å². The van der Waals surface area contributed by atoms with Gasteiger partial charge in [0.1, 0.15) is 11.5 Å². The van der Waals surface area contributed by atoms with Crippen molar-refractivity contribution in [3.8, 4) is 0 Å². The van der Waals surface area contributed by atoms with Gasteiger partial charge in [-0.05, 0) is 42.7 Å². The molecule has 4 heterocycles. The molecule has 2 saturated heterocycles. The van der Waals surface area contributed by atoms with Gasteiger partial charge in [-0.3, -0.25) is 14.2 Å². The van der Waals surface area contributed by atoms with Crippen molar-refractivity contribution in [3.63, 3.8) is 0 Å². The van der Waals surface area contributed by atoms with Gasteiger partial charge in [-0.15, -0.1) is 0 Å². The molecule has 2 aliphatic heterocycles.